The molecule has 0 N–H and O–H groups in total. The fourth-order valence-electron chi connectivity index (χ4n) is 2.83. The van der Waals surface area contributed by atoms with E-state index in [1.54, 1.807) is 0 Å². The molecule has 0 saturated carbocycles. The zero-order valence-corrected chi connectivity index (χ0v) is 9.52. The molecule has 0 spiro atoms. The van der Waals surface area contributed by atoms with E-state index in [1.165, 1.54) is 22.4 Å². The molecule has 0 saturated heterocycles. The van der Waals surface area contributed by atoms with Gasteiger partial charge in [0.25, 0.3) is 0 Å². The molecule has 0 unspecified atom stereocenters. The minimum atomic E-state index is 0.693. The second kappa shape index (κ2) is 3.27. The predicted molar refractivity (Wildman–Crippen MR) is 70.2 cm³/mol. The molecule has 1 aromatic carbocycles. The lowest BCUT2D eigenvalue weighted by Gasteiger charge is -2.32. The third-order valence-electron chi connectivity index (χ3n) is 3.52. The third kappa shape index (κ3) is 1.21. The van der Waals surface area contributed by atoms with Gasteiger partial charge in [0, 0.05) is 23.9 Å². The molecule has 3 heterocycles. The Bertz CT molecular complexity index is 581. The summed E-state index contributed by atoms with van der Waals surface area (Å²) in [5.41, 5.74) is 5.20. The van der Waals surface area contributed by atoms with E-state index in [2.05, 4.69) is 47.5 Å². The first-order chi connectivity index (χ1) is 8.43. The van der Waals surface area contributed by atoms with E-state index in [4.69, 9.17) is 4.74 Å². The molecule has 3 aliphatic rings. The van der Waals surface area contributed by atoms with Crippen molar-refractivity contribution in [1.82, 2.24) is 0 Å². The first kappa shape index (κ1) is 9.11. The van der Waals surface area contributed by atoms with Gasteiger partial charge in [-0.2, -0.15) is 0 Å². The van der Waals surface area contributed by atoms with Crippen LogP contribution in [0.25, 0.3) is 12.2 Å². The van der Waals surface area contributed by atoms with Crippen LogP contribution >= 0.6 is 0 Å². The van der Waals surface area contributed by atoms with Crippen molar-refractivity contribution in [2.24, 2.45) is 0 Å². The van der Waals surface area contributed by atoms with E-state index in [9.17, 15) is 0 Å². The first-order valence-electron chi connectivity index (χ1n) is 6.02. The van der Waals surface area contributed by atoms with Gasteiger partial charge in [0.2, 0.25) is 0 Å². The summed E-state index contributed by atoms with van der Waals surface area (Å²) in [6.45, 7) is 1.66. The third-order valence-corrected chi connectivity index (χ3v) is 3.52. The molecule has 0 aromatic heterocycles. The summed E-state index contributed by atoms with van der Waals surface area (Å²) in [7, 11) is 0. The normalized spacial score (nSPS) is 18.7. The molecule has 2 heteroatoms. The molecule has 0 aliphatic carbocycles. The van der Waals surface area contributed by atoms with E-state index in [-0.39, 0.29) is 0 Å². The molecule has 17 heavy (non-hydrogen) atoms. The highest BCUT2D eigenvalue weighted by Crippen LogP contribution is 2.42. The standard InChI is InChI=1S/C15H13NO/c1-4-11-10-12-5-3-9-17-15(12)13-6-2-8-16(7-1)14(11)13/h1-5,8,10H,6-7,9H2. The summed E-state index contributed by atoms with van der Waals surface area (Å²) in [5.74, 6) is 1.08. The van der Waals surface area contributed by atoms with Gasteiger partial charge in [0.05, 0.1) is 5.69 Å². The highest BCUT2D eigenvalue weighted by Gasteiger charge is 2.24. The molecule has 1 aromatic rings. The second-order valence-electron chi connectivity index (χ2n) is 4.57. The SMILES string of the molecule is C1=Cc2cc3c4c(c2OC1)CC=CN4CC=C3. The van der Waals surface area contributed by atoms with Crippen LogP contribution < -0.4 is 9.64 Å². The maximum absolute atomic E-state index is 5.82. The Kier molecular flexibility index (Phi) is 1.75. The number of rotatable bonds is 0. The van der Waals surface area contributed by atoms with Crippen molar-refractivity contribution in [3.8, 4) is 5.75 Å². The molecule has 0 bridgehead atoms. The van der Waals surface area contributed by atoms with Gasteiger partial charge in [-0.05, 0) is 24.1 Å². The van der Waals surface area contributed by atoms with Crippen molar-refractivity contribution in [2.45, 2.75) is 6.42 Å². The van der Waals surface area contributed by atoms with Crippen LogP contribution in [0.3, 0.4) is 0 Å². The van der Waals surface area contributed by atoms with Crippen molar-refractivity contribution in [1.29, 1.82) is 0 Å². The highest BCUT2D eigenvalue weighted by atomic mass is 16.5. The molecule has 2 nitrogen and oxygen atoms in total. The smallest absolute Gasteiger partial charge is 0.132 e. The van der Waals surface area contributed by atoms with Crippen LogP contribution in [0.4, 0.5) is 5.69 Å². The van der Waals surface area contributed by atoms with Crippen molar-refractivity contribution >= 4 is 17.8 Å². The predicted octanol–water partition coefficient (Wildman–Crippen LogP) is 3.00. The van der Waals surface area contributed by atoms with E-state index < -0.39 is 0 Å². The molecule has 0 radical (unpaired) electrons. The number of nitrogens with zero attached hydrogens (tertiary/aromatic N) is 1. The minimum absolute atomic E-state index is 0.693. The fraction of sp³-hybridized carbons (Fsp3) is 0.200. The summed E-state index contributed by atoms with van der Waals surface area (Å²) in [4.78, 5) is 2.30. The number of hydrogen-bond acceptors (Lipinski definition) is 2. The molecule has 0 fully saturated rings. The summed E-state index contributed by atoms with van der Waals surface area (Å²) in [6, 6.07) is 2.23. The van der Waals surface area contributed by atoms with Crippen molar-refractivity contribution in [2.75, 3.05) is 18.1 Å². The minimum Gasteiger partial charge on any atom is -0.489 e. The number of ether oxygens (including phenoxy) is 1. The van der Waals surface area contributed by atoms with Gasteiger partial charge in [-0.3, -0.25) is 0 Å². The highest BCUT2D eigenvalue weighted by molar-refractivity contribution is 5.83. The largest absolute Gasteiger partial charge is 0.489 e. The number of anilines is 1. The topological polar surface area (TPSA) is 12.5 Å². The Hall–Kier alpha value is -1.96. The lowest BCUT2D eigenvalue weighted by atomic mass is 9.93. The molecular weight excluding hydrogens is 210 g/mol. The Balaban J connectivity index is 2.05. The van der Waals surface area contributed by atoms with Gasteiger partial charge in [0.15, 0.2) is 0 Å². The number of benzene rings is 1. The van der Waals surface area contributed by atoms with E-state index in [0.717, 1.165) is 18.7 Å². The zero-order valence-electron chi connectivity index (χ0n) is 9.52. The average molecular weight is 223 g/mol. The van der Waals surface area contributed by atoms with Crippen LogP contribution in [-0.4, -0.2) is 13.2 Å². The Labute approximate surface area is 101 Å². The fourth-order valence-corrected chi connectivity index (χ4v) is 2.83. The van der Waals surface area contributed by atoms with Gasteiger partial charge >= 0.3 is 0 Å². The van der Waals surface area contributed by atoms with Crippen molar-refractivity contribution in [3.63, 3.8) is 0 Å². The monoisotopic (exact) mass is 223 g/mol. The van der Waals surface area contributed by atoms with Gasteiger partial charge in [-0.25, -0.2) is 0 Å². The quantitative estimate of drug-likeness (QED) is 0.670. The lowest BCUT2D eigenvalue weighted by molar-refractivity contribution is 0.355. The van der Waals surface area contributed by atoms with Crippen LogP contribution in [0.5, 0.6) is 5.75 Å². The molecule has 0 atom stereocenters. The summed E-state index contributed by atoms with van der Waals surface area (Å²) in [6.07, 6.45) is 14.0. The van der Waals surface area contributed by atoms with Gasteiger partial charge in [0.1, 0.15) is 12.4 Å². The Morgan fingerprint density at radius 3 is 3.00 bits per heavy atom. The molecule has 4 rings (SSSR count). The summed E-state index contributed by atoms with van der Waals surface area (Å²) >= 11 is 0. The van der Waals surface area contributed by atoms with Crippen LogP contribution in [0.2, 0.25) is 0 Å². The van der Waals surface area contributed by atoms with Gasteiger partial charge < -0.3 is 9.64 Å². The van der Waals surface area contributed by atoms with E-state index in [1.807, 2.05) is 0 Å². The van der Waals surface area contributed by atoms with Crippen molar-refractivity contribution in [3.05, 3.63) is 47.2 Å². The van der Waals surface area contributed by atoms with Crippen LogP contribution in [-0.2, 0) is 6.42 Å². The zero-order chi connectivity index (χ0) is 11.2. The maximum Gasteiger partial charge on any atom is 0.132 e. The summed E-state index contributed by atoms with van der Waals surface area (Å²) < 4.78 is 5.82. The number of hydrogen-bond donors (Lipinski definition) is 0. The maximum atomic E-state index is 5.82. The van der Waals surface area contributed by atoms with Gasteiger partial charge in [-0.1, -0.05) is 24.3 Å². The van der Waals surface area contributed by atoms with Crippen LogP contribution in [0.15, 0.2) is 30.5 Å². The van der Waals surface area contributed by atoms with Crippen molar-refractivity contribution < 1.29 is 4.74 Å². The Morgan fingerprint density at radius 1 is 1.06 bits per heavy atom. The number of fused-ring (bicyclic) bond motifs is 2. The number of allylic oxidation sites excluding steroid dienone is 1. The summed E-state index contributed by atoms with van der Waals surface area (Å²) in [5, 5.41) is 0. The van der Waals surface area contributed by atoms with E-state index in [0.29, 0.717) is 6.61 Å². The second-order valence-corrected chi connectivity index (χ2v) is 4.57. The molecular formula is C15H13NO. The average Bonchev–Trinajstić information content (AvgIpc) is 2.39. The first-order valence-corrected chi connectivity index (χ1v) is 6.02. The van der Waals surface area contributed by atoms with Crippen LogP contribution in [0, 0.1) is 0 Å². The van der Waals surface area contributed by atoms with E-state index >= 15 is 0 Å². The lowest BCUT2D eigenvalue weighted by Crippen LogP contribution is -2.24. The van der Waals surface area contributed by atoms with Gasteiger partial charge in [-0.15, -0.1) is 0 Å². The molecule has 0 amide bonds. The molecule has 3 aliphatic heterocycles. The van der Waals surface area contributed by atoms with Crippen LogP contribution in [0.1, 0.15) is 16.7 Å². The molecule has 84 valence electrons. The Morgan fingerprint density at radius 2 is 2.00 bits per heavy atom.